The highest BCUT2D eigenvalue weighted by molar-refractivity contribution is 4.81. The Hall–Kier alpha value is -0.260. The molecule has 0 amide bonds. The summed E-state index contributed by atoms with van der Waals surface area (Å²) >= 11 is 0. The van der Waals surface area contributed by atoms with Crippen molar-refractivity contribution in [2.24, 2.45) is 0 Å². The van der Waals surface area contributed by atoms with Crippen molar-refractivity contribution in [2.75, 3.05) is 0 Å². The van der Waals surface area contributed by atoms with Crippen LogP contribution in [0.2, 0.25) is 0 Å². The van der Waals surface area contributed by atoms with Crippen molar-refractivity contribution < 1.29 is 0 Å². The normalized spacial score (nSPS) is 11.7. The second-order valence-electron chi connectivity index (χ2n) is 11.6. The number of hydrogen-bond donors (Lipinski definition) is 0. The zero-order valence-corrected chi connectivity index (χ0v) is 25.1. The van der Waals surface area contributed by atoms with Gasteiger partial charge in [-0.1, -0.05) is 199 Å². The highest BCUT2D eigenvalue weighted by Gasteiger charge is 1.96. The predicted molar refractivity (Wildman–Crippen MR) is 164 cm³/mol. The molecule has 0 aromatic carbocycles. The largest absolute Gasteiger partial charge is 0.0885 e. The molecule has 0 rings (SSSR count). The number of rotatable bonds is 31. The van der Waals surface area contributed by atoms with E-state index in [0.29, 0.717) is 0 Å². The van der Waals surface area contributed by atoms with Gasteiger partial charge in [0.1, 0.15) is 0 Å². The van der Waals surface area contributed by atoms with Crippen LogP contribution in [0.1, 0.15) is 213 Å². The van der Waals surface area contributed by atoms with Crippen molar-refractivity contribution in [2.45, 2.75) is 213 Å². The average Bonchev–Trinajstić information content (AvgIpc) is 2.87. The molecule has 0 saturated carbocycles. The summed E-state index contributed by atoms with van der Waals surface area (Å²) in [4.78, 5) is 0. The summed E-state index contributed by atoms with van der Waals surface area (Å²) in [6.07, 6.45) is 49.9. The molecule has 0 aromatic heterocycles. The monoisotopic (exact) mass is 491 g/mol. The molecule has 210 valence electrons. The van der Waals surface area contributed by atoms with Crippen molar-refractivity contribution in [1.82, 2.24) is 0 Å². The second-order valence-corrected chi connectivity index (χ2v) is 11.6. The van der Waals surface area contributed by atoms with Gasteiger partial charge in [-0.25, -0.2) is 0 Å². The van der Waals surface area contributed by atoms with Crippen LogP contribution in [-0.4, -0.2) is 0 Å². The summed E-state index contributed by atoms with van der Waals surface area (Å²) in [5.41, 5.74) is 0. The molecule has 0 N–H and O–H groups in total. The summed E-state index contributed by atoms with van der Waals surface area (Å²) < 4.78 is 0. The Morgan fingerprint density at radius 3 is 0.629 bits per heavy atom. The fraction of sp³-hybridized carbons (Fsp3) is 0.943. The Bertz CT molecular complexity index is 368. The van der Waals surface area contributed by atoms with E-state index in [2.05, 4.69) is 26.0 Å². The first-order valence-corrected chi connectivity index (χ1v) is 17.1. The van der Waals surface area contributed by atoms with Crippen molar-refractivity contribution in [3.8, 4) is 0 Å². The first-order valence-electron chi connectivity index (χ1n) is 17.1. The van der Waals surface area contributed by atoms with E-state index in [4.69, 9.17) is 0 Å². The van der Waals surface area contributed by atoms with Gasteiger partial charge in [0, 0.05) is 0 Å². The minimum Gasteiger partial charge on any atom is -0.0885 e. The summed E-state index contributed by atoms with van der Waals surface area (Å²) in [5, 5.41) is 0. The van der Waals surface area contributed by atoms with Crippen molar-refractivity contribution >= 4 is 0 Å². The van der Waals surface area contributed by atoms with Gasteiger partial charge < -0.3 is 0 Å². The fourth-order valence-electron chi connectivity index (χ4n) is 5.33. The van der Waals surface area contributed by atoms with E-state index in [1.54, 1.807) is 0 Å². The first-order chi connectivity index (χ1) is 17.4. The lowest BCUT2D eigenvalue weighted by molar-refractivity contribution is 0.516. The van der Waals surface area contributed by atoms with Gasteiger partial charge in [-0.05, 0) is 25.7 Å². The summed E-state index contributed by atoms with van der Waals surface area (Å²) in [6.45, 7) is 4.60. The predicted octanol–water partition coefficient (Wildman–Crippen LogP) is 13.7. The molecule has 0 saturated heterocycles. The summed E-state index contributed by atoms with van der Waals surface area (Å²) in [5.74, 6) is 0. The van der Waals surface area contributed by atoms with Gasteiger partial charge in [-0.15, -0.1) is 0 Å². The van der Waals surface area contributed by atoms with Gasteiger partial charge in [0.2, 0.25) is 0 Å². The van der Waals surface area contributed by atoms with Crippen LogP contribution in [0.15, 0.2) is 12.2 Å². The van der Waals surface area contributed by atoms with Gasteiger partial charge in [0.05, 0.1) is 0 Å². The van der Waals surface area contributed by atoms with E-state index >= 15 is 0 Å². The molecule has 0 radical (unpaired) electrons. The molecular formula is C35H70. The molecular weight excluding hydrogens is 420 g/mol. The van der Waals surface area contributed by atoms with Gasteiger partial charge in [0.15, 0.2) is 0 Å². The van der Waals surface area contributed by atoms with Crippen LogP contribution >= 0.6 is 0 Å². The third-order valence-corrected chi connectivity index (χ3v) is 7.87. The fourth-order valence-corrected chi connectivity index (χ4v) is 5.33. The van der Waals surface area contributed by atoms with Crippen LogP contribution in [0.4, 0.5) is 0 Å². The maximum absolute atomic E-state index is 2.44. The van der Waals surface area contributed by atoms with Crippen LogP contribution < -0.4 is 0 Å². The molecule has 0 heterocycles. The Morgan fingerprint density at radius 1 is 0.229 bits per heavy atom. The van der Waals surface area contributed by atoms with Crippen LogP contribution in [0, 0.1) is 0 Å². The highest BCUT2D eigenvalue weighted by atomic mass is 14.0. The lowest BCUT2D eigenvalue weighted by Gasteiger charge is -2.04. The Labute approximate surface area is 224 Å². The van der Waals surface area contributed by atoms with Crippen molar-refractivity contribution in [3.63, 3.8) is 0 Å². The second kappa shape index (κ2) is 33.7. The van der Waals surface area contributed by atoms with Crippen molar-refractivity contribution in [3.05, 3.63) is 12.2 Å². The molecule has 0 aliphatic heterocycles. The smallest absolute Gasteiger partial charge is 0.0351 e. The van der Waals surface area contributed by atoms with Crippen molar-refractivity contribution in [1.29, 1.82) is 0 Å². The molecule has 0 aliphatic carbocycles. The molecule has 0 heteroatoms. The number of hydrogen-bond acceptors (Lipinski definition) is 0. The standard InChI is InChI=1S/C35H70/c1-3-5-7-9-11-13-15-17-19-21-23-25-27-29-31-33-35-34-32-30-28-26-24-22-20-18-16-14-12-10-8-6-4-2/h13,15H,3-12,14,16-35H2,1-2H3. The molecule has 0 fully saturated rings. The van der Waals surface area contributed by atoms with Crippen LogP contribution in [0.5, 0.6) is 0 Å². The molecule has 0 aliphatic rings. The summed E-state index contributed by atoms with van der Waals surface area (Å²) in [7, 11) is 0. The Balaban J connectivity index is 3.03. The van der Waals surface area contributed by atoms with Crippen LogP contribution in [0.3, 0.4) is 0 Å². The molecule has 0 bridgehead atoms. The number of allylic oxidation sites excluding steroid dienone is 2. The minimum absolute atomic E-state index is 1.30. The molecule has 0 spiro atoms. The lowest BCUT2D eigenvalue weighted by Crippen LogP contribution is -1.84. The maximum Gasteiger partial charge on any atom is -0.0351 e. The molecule has 0 atom stereocenters. The topological polar surface area (TPSA) is 0 Å². The van der Waals surface area contributed by atoms with Gasteiger partial charge in [-0.3, -0.25) is 0 Å². The Morgan fingerprint density at radius 2 is 0.400 bits per heavy atom. The minimum atomic E-state index is 1.30. The van der Waals surface area contributed by atoms with Gasteiger partial charge in [-0.2, -0.15) is 0 Å². The third kappa shape index (κ3) is 33.7. The summed E-state index contributed by atoms with van der Waals surface area (Å²) in [6, 6.07) is 0. The molecule has 0 aromatic rings. The quantitative estimate of drug-likeness (QED) is 0.0669. The molecule has 0 nitrogen and oxygen atoms in total. The first kappa shape index (κ1) is 34.7. The Kier molecular flexibility index (Phi) is 33.5. The maximum atomic E-state index is 2.44. The molecule has 0 unspecified atom stereocenters. The van der Waals surface area contributed by atoms with Crippen LogP contribution in [0.25, 0.3) is 0 Å². The zero-order valence-electron chi connectivity index (χ0n) is 25.1. The third-order valence-electron chi connectivity index (χ3n) is 7.87. The lowest BCUT2D eigenvalue weighted by atomic mass is 10.0. The van der Waals surface area contributed by atoms with E-state index < -0.39 is 0 Å². The highest BCUT2D eigenvalue weighted by Crippen LogP contribution is 2.16. The SMILES string of the molecule is CCCCCCC=CCCCCCCCCCCCCCCCCCCCCCCCCCCC. The van der Waals surface area contributed by atoms with Gasteiger partial charge >= 0.3 is 0 Å². The van der Waals surface area contributed by atoms with E-state index in [-0.39, 0.29) is 0 Å². The number of unbranched alkanes of at least 4 members (excludes halogenated alkanes) is 29. The molecule has 35 heavy (non-hydrogen) atoms. The van der Waals surface area contributed by atoms with E-state index in [1.807, 2.05) is 0 Å². The van der Waals surface area contributed by atoms with Gasteiger partial charge in [0.25, 0.3) is 0 Å². The zero-order chi connectivity index (χ0) is 25.3. The average molecular weight is 491 g/mol. The van der Waals surface area contributed by atoms with E-state index in [9.17, 15) is 0 Å². The van der Waals surface area contributed by atoms with Crippen LogP contribution in [-0.2, 0) is 0 Å². The van der Waals surface area contributed by atoms with E-state index in [1.165, 1.54) is 199 Å². The van der Waals surface area contributed by atoms with E-state index in [0.717, 1.165) is 0 Å².